The zero-order valence-electron chi connectivity index (χ0n) is 7.95. The Morgan fingerprint density at radius 2 is 1.31 bits per heavy atom. The molecule has 0 spiro atoms. The molecule has 0 aromatic heterocycles. The van der Waals surface area contributed by atoms with Crippen LogP contribution in [0.25, 0.3) is 0 Å². The fourth-order valence-electron chi connectivity index (χ4n) is 1.05. The maximum Gasteiger partial charge on any atom is 0.296 e. The molecular formula is C7H8O7S2. The second kappa shape index (κ2) is 3.70. The minimum absolute atomic E-state index is 0.0417. The lowest BCUT2D eigenvalue weighted by Gasteiger charge is -2.07. The quantitative estimate of drug-likeness (QED) is 0.653. The van der Waals surface area contributed by atoms with Crippen LogP contribution in [-0.2, 0) is 20.2 Å². The van der Waals surface area contributed by atoms with Crippen molar-refractivity contribution in [2.45, 2.75) is 16.7 Å². The van der Waals surface area contributed by atoms with Crippen molar-refractivity contribution in [2.24, 2.45) is 0 Å². The third kappa shape index (κ3) is 2.50. The molecule has 16 heavy (non-hydrogen) atoms. The molecule has 0 aliphatic carbocycles. The Kier molecular flexibility index (Phi) is 2.98. The summed E-state index contributed by atoms with van der Waals surface area (Å²) in [5, 5.41) is 9.20. The van der Waals surface area contributed by atoms with E-state index in [2.05, 4.69) is 0 Å². The van der Waals surface area contributed by atoms with Crippen molar-refractivity contribution in [2.75, 3.05) is 0 Å². The summed E-state index contributed by atoms with van der Waals surface area (Å²) in [6.07, 6.45) is 0. The summed E-state index contributed by atoms with van der Waals surface area (Å²) in [5.41, 5.74) is 0.0417. The van der Waals surface area contributed by atoms with E-state index in [1.54, 1.807) is 0 Å². The summed E-state index contributed by atoms with van der Waals surface area (Å²) >= 11 is 0. The lowest BCUT2D eigenvalue weighted by molar-refractivity contribution is 0.454. The normalized spacial score (nSPS) is 12.7. The van der Waals surface area contributed by atoms with Crippen molar-refractivity contribution in [3.63, 3.8) is 0 Å². The lowest BCUT2D eigenvalue weighted by atomic mass is 10.2. The molecule has 0 radical (unpaired) electrons. The van der Waals surface area contributed by atoms with Crippen LogP contribution in [0.3, 0.4) is 0 Å². The van der Waals surface area contributed by atoms with Gasteiger partial charge < -0.3 is 5.11 Å². The number of hydrogen-bond acceptors (Lipinski definition) is 5. The second-order valence-corrected chi connectivity index (χ2v) is 5.82. The van der Waals surface area contributed by atoms with Gasteiger partial charge in [-0.25, -0.2) is 0 Å². The fourth-order valence-corrected chi connectivity index (χ4v) is 2.90. The minimum Gasteiger partial charge on any atom is -0.508 e. The third-order valence-corrected chi connectivity index (χ3v) is 3.73. The van der Waals surface area contributed by atoms with Crippen molar-refractivity contribution < 1.29 is 31.0 Å². The zero-order chi connectivity index (χ0) is 12.7. The van der Waals surface area contributed by atoms with E-state index in [0.717, 1.165) is 6.07 Å². The van der Waals surface area contributed by atoms with Gasteiger partial charge in [-0.05, 0) is 18.6 Å². The Morgan fingerprint density at radius 3 is 1.69 bits per heavy atom. The molecule has 7 nitrogen and oxygen atoms in total. The highest BCUT2D eigenvalue weighted by atomic mass is 32.2. The number of aromatic hydroxyl groups is 1. The van der Waals surface area contributed by atoms with Crippen LogP contribution in [0.4, 0.5) is 0 Å². The van der Waals surface area contributed by atoms with Crippen LogP contribution in [0.2, 0.25) is 0 Å². The summed E-state index contributed by atoms with van der Waals surface area (Å²) < 4.78 is 60.9. The molecule has 0 heterocycles. The third-order valence-electron chi connectivity index (χ3n) is 1.82. The van der Waals surface area contributed by atoms with Gasteiger partial charge in [0.15, 0.2) is 0 Å². The number of aryl methyl sites for hydroxylation is 1. The Bertz CT molecular complexity index is 570. The molecule has 0 aliphatic heterocycles. The van der Waals surface area contributed by atoms with Gasteiger partial charge in [-0.3, -0.25) is 9.11 Å². The molecule has 0 unspecified atom stereocenters. The fraction of sp³-hybridized carbons (Fsp3) is 0.143. The smallest absolute Gasteiger partial charge is 0.296 e. The Morgan fingerprint density at radius 1 is 0.938 bits per heavy atom. The summed E-state index contributed by atoms with van der Waals surface area (Å²) in [6, 6.07) is 1.29. The molecule has 0 saturated carbocycles. The number of phenolic OH excluding ortho intramolecular Hbond substituents is 1. The van der Waals surface area contributed by atoms with E-state index in [0.29, 0.717) is 6.07 Å². The first-order chi connectivity index (χ1) is 7.03. The van der Waals surface area contributed by atoms with Crippen molar-refractivity contribution in [3.05, 3.63) is 17.7 Å². The molecule has 0 atom stereocenters. The molecule has 1 aromatic carbocycles. The Balaban J connectivity index is 3.80. The predicted octanol–water partition coefficient (Wildman–Crippen LogP) is 0.194. The van der Waals surface area contributed by atoms with Crippen LogP contribution in [0.15, 0.2) is 21.9 Å². The number of benzene rings is 1. The highest BCUT2D eigenvalue weighted by Gasteiger charge is 2.25. The molecule has 0 bridgehead atoms. The first-order valence-corrected chi connectivity index (χ1v) is 6.70. The van der Waals surface area contributed by atoms with E-state index in [1.807, 2.05) is 0 Å². The van der Waals surface area contributed by atoms with Gasteiger partial charge in [-0.1, -0.05) is 0 Å². The minimum atomic E-state index is -4.86. The summed E-state index contributed by atoms with van der Waals surface area (Å²) in [6.45, 7) is 1.30. The largest absolute Gasteiger partial charge is 0.508 e. The molecule has 0 saturated heterocycles. The average molecular weight is 268 g/mol. The molecule has 0 aliphatic rings. The maximum absolute atomic E-state index is 10.9. The van der Waals surface area contributed by atoms with Crippen molar-refractivity contribution in [3.8, 4) is 5.75 Å². The van der Waals surface area contributed by atoms with Crippen molar-refractivity contribution >= 4 is 20.2 Å². The average Bonchev–Trinajstić information content (AvgIpc) is 2.05. The highest BCUT2D eigenvalue weighted by molar-refractivity contribution is 7.89. The van der Waals surface area contributed by atoms with Gasteiger partial charge in [-0.2, -0.15) is 16.8 Å². The van der Waals surface area contributed by atoms with E-state index in [-0.39, 0.29) is 5.56 Å². The van der Waals surface area contributed by atoms with Crippen LogP contribution in [0.5, 0.6) is 5.75 Å². The van der Waals surface area contributed by atoms with Gasteiger partial charge in [0, 0.05) is 6.07 Å². The van der Waals surface area contributed by atoms with Crippen LogP contribution in [-0.4, -0.2) is 31.0 Å². The van der Waals surface area contributed by atoms with Crippen LogP contribution < -0.4 is 0 Å². The SMILES string of the molecule is Cc1cc(S(=O)(=O)O)c(S(=O)(=O)O)cc1O. The van der Waals surface area contributed by atoms with E-state index in [4.69, 9.17) is 9.11 Å². The molecular weight excluding hydrogens is 260 g/mol. The monoisotopic (exact) mass is 268 g/mol. The van der Waals surface area contributed by atoms with Gasteiger partial charge in [0.2, 0.25) is 0 Å². The van der Waals surface area contributed by atoms with Crippen molar-refractivity contribution in [1.82, 2.24) is 0 Å². The lowest BCUT2D eigenvalue weighted by Crippen LogP contribution is -2.08. The van der Waals surface area contributed by atoms with Crippen LogP contribution in [0.1, 0.15) is 5.56 Å². The zero-order valence-corrected chi connectivity index (χ0v) is 9.58. The predicted molar refractivity (Wildman–Crippen MR) is 52.5 cm³/mol. The number of rotatable bonds is 2. The van der Waals surface area contributed by atoms with E-state index >= 15 is 0 Å². The van der Waals surface area contributed by atoms with Gasteiger partial charge in [0.25, 0.3) is 20.2 Å². The first-order valence-electron chi connectivity index (χ1n) is 3.82. The first kappa shape index (κ1) is 12.9. The van der Waals surface area contributed by atoms with Gasteiger partial charge in [0.1, 0.15) is 15.5 Å². The topological polar surface area (TPSA) is 129 Å². The molecule has 9 heteroatoms. The Labute approximate surface area is 91.8 Å². The van der Waals surface area contributed by atoms with E-state index in [1.165, 1.54) is 6.92 Å². The molecule has 3 N–H and O–H groups in total. The highest BCUT2D eigenvalue weighted by Crippen LogP contribution is 2.28. The number of phenols is 1. The van der Waals surface area contributed by atoms with Crippen LogP contribution >= 0.6 is 0 Å². The maximum atomic E-state index is 10.9. The van der Waals surface area contributed by atoms with Gasteiger partial charge in [0.05, 0.1) is 0 Å². The molecule has 0 amide bonds. The van der Waals surface area contributed by atoms with Gasteiger partial charge >= 0.3 is 0 Å². The van der Waals surface area contributed by atoms with E-state index < -0.39 is 35.8 Å². The summed E-state index contributed by atoms with van der Waals surface area (Å²) in [7, 11) is -9.66. The molecule has 1 rings (SSSR count). The Hall–Kier alpha value is -1.16. The molecule has 90 valence electrons. The summed E-state index contributed by atoms with van der Waals surface area (Å²) in [4.78, 5) is -2.05. The van der Waals surface area contributed by atoms with E-state index in [9.17, 15) is 21.9 Å². The molecule has 1 aromatic rings. The summed E-state index contributed by atoms with van der Waals surface area (Å²) in [5.74, 6) is -0.514. The standard InChI is InChI=1S/C7H8O7S2/c1-4-2-6(15(9,10)11)7(3-5(4)8)16(12,13)14/h2-3,8H,1H3,(H,9,10,11)(H,12,13,14). The van der Waals surface area contributed by atoms with Crippen molar-refractivity contribution in [1.29, 1.82) is 0 Å². The number of hydrogen-bond donors (Lipinski definition) is 3. The van der Waals surface area contributed by atoms with Crippen LogP contribution in [0, 0.1) is 6.92 Å². The second-order valence-electron chi connectivity index (χ2n) is 3.04. The van der Waals surface area contributed by atoms with Gasteiger partial charge in [-0.15, -0.1) is 0 Å². The molecule has 0 fully saturated rings.